The molecule has 1 saturated heterocycles. The van der Waals surface area contributed by atoms with Crippen molar-refractivity contribution in [3.63, 3.8) is 0 Å². The molecule has 1 aliphatic carbocycles. The van der Waals surface area contributed by atoms with Crippen LogP contribution in [0.5, 0.6) is 0 Å². The van der Waals surface area contributed by atoms with Crippen molar-refractivity contribution in [2.45, 2.75) is 70.1 Å². The lowest BCUT2D eigenvalue weighted by atomic mass is 9.85. The fourth-order valence-electron chi connectivity index (χ4n) is 3.96. The molecule has 1 heterocycles. The van der Waals surface area contributed by atoms with Gasteiger partial charge in [-0.1, -0.05) is 19.9 Å². The van der Waals surface area contributed by atoms with E-state index in [1.807, 2.05) is 6.07 Å². The first-order chi connectivity index (χ1) is 10.2. The topological polar surface area (TPSA) is 21.3 Å². The van der Waals surface area contributed by atoms with Gasteiger partial charge < -0.3 is 10.1 Å². The smallest absolute Gasteiger partial charge is 0.123 e. The van der Waals surface area contributed by atoms with Crippen LogP contribution < -0.4 is 5.32 Å². The molecule has 1 aromatic carbocycles. The molecule has 1 aromatic rings. The van der Waals surface area contributed by atoms with Gasteiger partial charge in [-0.25, -0.2) is 4.39 Å². The van der Waals surface area contributed by atoms with E-state index < -0.39 is 0 Å². The van der Waals surface area contributed by atoms with E-state index in [0.717, 1.165) is 45.1 Å². The average molecular weight is 291 g/mol. The summed E-state index contributed by atoms with van der Waals surface area (Å²) in [5, 5.41) is 3.81. The third kappa shape index (κ3) is 3.00. The summed E-state index contributed by atoms with van der Waals surface area (Å²) in [4.78, 5) is 0. The third-order valence-corrected chi connectivity index (χ3v) is 5.40. The van der Waals surface area contributed by atoms with Gasteiger partial charge in [0.1, 0.15) is 5.82 Å². The number of hydrogen-bond donors (Lipinski definition) is 1. The fourth-order valence-corrected chi connectivity index (χ4v) is 3.96. The van der Waals surface area contributed by atoms with Crippen molar-refractivity contribution in [2.24, 2.45) is 0 Å². The lowest BCUT2D eigenvalue weighted by Crippen LogP contribution is -2.47. The molecule has 0 spiro atoms. The van der Waals surface area contributed by atoms with E-state index in [0.29, 0.717) is 12.1 Å². The summed E-state index contributed by atoms with van der Waals surface area (Å²) in [7, 11) is 0. The lowest BCUT2D eigenvalue weighted by molar-refractivity contribution is -0.0941. The molecule has 2 nitrogen and oxygen atoms in total. The summed E-state index contributed by atoms with van der Waals surface area (Å²) in [6, 6.07) is 6.14. The molecule has 2 atom stereocenters. The number of nitrogens with one attached hydrogen (secondary N) is 1. The van der Waals surface area contributed by atoms with Crippen molar-refractivity contribution in [3.8, 4) is 0 Å². The summed E-state index contributed by atoms with van der Waals surface area (Å²) in [6.07, 6.45) is 6.40. The molecular weight excluding hydrogens is 265 g/mol. The Kier molecular flexibility index (Phi) is 4.32. The molecule has 1 fully saturated rings. The molecule has 3 heteroatoms. The normalized spacial score (nSPS) is 27.6. The van der Waals surface area contributed by atoms with Gasteiger partial charge in [-0.3, -0.25) is 0 Å². The van der Waals surface area contributed by atoms with Crippen LogP contribution in [0, 0.1) is 5.82 Å². The second kappa shape index (κ2) is 6.05. The maximum Gasteiger partial charge on any atom is 0.123 e. The Morgan fingerprint density at radius 3 is 2.86 bits per heavy atom. The van der Waals surface area contributed by atoms with Gasteiger partial charge in [0.15, 0.2) is 0 Å². The Hall–Kier alpha value is -0.930. The van der Waals surface area contributed by atoms with Gasteiger partial charge in [0.2, 0.25) is 0 Å². The summed E-state index contributed by atoms with van der Waals surface area (Å²) >= 11 is 0. The molecule has 2 aliphatic rings. The van der Waals surface area contributed by atoms with Crippen molar-refractivity contribution in [2.75, 3.05) is 6.61 Å². The number of benzene rings is 1. The molecule has 1 N–H and O–H groups in total. The van der Waals surface area contributed by atoms with Gasteiger partial charge in [0.05, 0.1) is 5.60 Å². The van der Waals surface area contributed by atoms with Gasteiger partial charge in [-0.05, 0) is 61.8 Å². The highest BCUT2D eigenvalue weighted by Crippen LogP contribution is 2.36. The SMILES string of the molecule is CCC1(CC)CC(NC2CCc3cc(F)ccc32)CCO1. The zero-order chi connectivity index (χ0) is 14.9. The predicted octanol–water partition coefficient (Wildman–Crippen LogP) is 4.14. The molecular formula is C18H26FNO. The van der Waals surface area contributed by atoms with Crippen LogP contribution in [0.1, 0.15) is 63.1 Å². The Balaban J connectivity index is 1.68. The van der Waals surface area contributed by atoms with Crippen molar-refractivity contribution in [1.29, 1.82) is 0 Å². The van der Waals surface area contributed by atoms with E-state index in [4.69, 9.17) is 4.74 Å². The summed E-state index contributed by atoms with van der Waals surface area (Å²) in [5.41, 5.74) is 2.53. The van der Waals surface area contributed by atoms with E-state index in [1.165, 1.54) is 11.1 Å². The molecule has 3 rings (SSSR count). The van der Waals surface area contributed by atoms with Crippen LogP contribution in [0.2, 0.25) is 0 Å². The largest absolute Gasteiger partial charge is 0.375 e. The van der Waals surface area contributed by atoms with Gasteiger partial charge in [-0.2, -0.15) is 0 Å². The molecule has 0 bridgehead atoms. The molecule has 0 aromatic heterocycles. The minimum atomic E-state index is -0.114. The number of rotatable bonds is 4. The van der Waals surface area contributed by atoms with Crippen molar-refractivity contribution in [3.05, 3.63) is 35.1 Å². The average Bonchev–Trinajstić information content (AvgIpc) is 2.89. The maximum atomic E-state index is 13.3. The molecule has 0 radical (unpaired) electrons. The number of fused-ring (bicyclic) bond motifs is 1. The lowest BCUT2D eigenvalue weighted by Gasteiger charge is -2.41. The monoisotopic (exact) mass is 291 g/mol. The van der Waals surface area contributed by atoms with Crippen molar-refractivity contribution >= 4 is 0 Å². The van der Waals surface area contributed by atoms with E-state index in [2.05, 4.69) is 19.2 Å². The number of hydrogen-bond acceptors (Lipinski definition) is 2. The predicted molar refractivity (Wildman–Crippen MR) is 82.9 cm³/mol. The van der Waals surface area contributed by atoms with E-state index >= 15 is 0 Å². The highest BCUT2D eigenvalue weighted by atomic mass is 19.1. The minimum absolute atomic E-state index is 0.0557. The van der Waals surface area contributed by atoms with Crippen LogP contribution in [0.4, 0.5) is 4.39 Å². The highest BCUT2D eigenvalue weighted by molar-refractivity contribution is 5.35. The van der Waals surface area contributed by atoms with Gasteiger partial charge in [0, 0.05) is 18.7 Å². The summed E-state index contributed by atoms with van der Waals surface area (Å²) in [5.74, 6) is -0.114. The molecule has 0 saturated carbocycles. The van der Waals surface area contributed by atoms with Gasteiger partial charge in [0.25, 0.3) is 0 Å². The minimum Gasteiger partial charge on any atom is -0.375 e. The van der Waals surface area contributed by atoms with E-state index in [-0.39, 0.29) is 11.4 Å². The van der Waals surface area contributed by atoms with Gasteiger partial charge >= 0.3 is 0 Å². The fraction of sp³-hybridized carbons (Fsp3) is 0.667. The Morgan fingerprint density at radius 2 is 2.10 bits per heavy atom. The van der Waals surface area contributed by atoms with Crippen molar-refractivity contribution < 1.29 is 9.13 Å². The van der Waals surface area contributed by atoms with Crippen LogP contribution in [-0.2, 0) is 11.2 Å². The van der Waals surface area contributed by atoms with Crippen LogP contribution in [0.3, 0.4) is 0 Å². The van der Waals surface area contributed by atoms with Crippen molar-refractivity contribution in [1.82, 2.24) is 5.32 Å². The Labute approximate surface area is 127 Å². The Bertz CT molecular complexity index is 498. The summed E-state index contributed by atoms with van der Waals surface area (Å²) < 4.78 is 19.4. The molecule has 0 amide bonds. The zero-order valence-corrected chi connectivity index (χ0v) is 13.1. The second-order valence-electron chi connectivity index (χ2n) is 6.53. The quantitative estimate of drug-likeness (QED) is 0.900. The van der Waals surface area contributed by atoms with Gasteiger partial charge in [-0.15, -0.1) is 0 Å². The van der Waals surface area contributed by atoms with Crippen LogP contribution in [0.15, 0.2) is 18.2 Å². The highest BCUT2D eigenvalue weighted by Gasteiger charge is 2.36. The van der Waals surface area contributed by atoms with Crippen LogP contribution in [0.25, 0.3) is 0 Å². The maximum absolute atomic E-state index is 13.3. The number of aryl methyl sites for hydroxylation is 1. The second-order valence-corrected chi connectivity index (χ2v) is 6.53. The van der Waals surface area contributed by atoms with E-state index in [1.54, 1.807) is 12.1 Å². The van der Waals surface area contributed by atoms with Crippen LogP contribution in [-0.4, -0.2) is 18.2 Å². The number of ether oxygens (including phenoxy) is 1. The Morgan fingerprint density at radius 1 is 1.29 bits per heavy atom. The van der Waals surface area contributed by atoms with E-state index in [9.17, 15) is 4.39 Å². The molecule has 21 heavy (non-hydrogen) atoms. The summed E-state index contributed by atoms with van der Waals surface area (Å²) in [6.45, 7) is 5.29. The first-order valence-electron chi connectivity index (χ1n) is 8.34. The molecule has 116 valence electrons. The number of halogens is 1. The third-order valence-electron chi connectivity index (χ3n) is 5.40. The van der Waals surface area contributed by atoms with Crippen LogP contribution >= 0.6 is 0 Å². The first kappa shape index (κ1) is 15.0. The first-order valence-corrected chi connectivity index (χ1v) is 8.34. The molecule has 1 aliphatic heterocycles. The standard InChI is InChI=1S/C18H26FNO/c1-3-18(4-2)12-15(9-10-21-18)20-17-8-5-13-11-14(19)6-7-16(13)17/h6-7,11,15,17,20H,3-5,8-10,12H2,1-2H3. The zero-order valence-electron chi connectivity index (χ0n) is 13.1. The molecule has 2 unspecified atom stereocenters.